The van der Waals surface area contributed by atoms with Crippen molar-refractivity contribution in [3.8, 4) is 0 Å². The normalized spacial score (nSPS) is 10.2. The predicted octanol–water partition coefficient (Wildman–Crippen LogP) is -7.41. The summed E-state index contributed by atoms with van der Waals surface area (Å²) < 4.78 is 0. The van der Waals surface area contributed by atoms with Crippen molar-refractivity contribution in [2.75, 3.05) is 39.3 Å². The molecule has 21 heavy (non-hydrogen) atoms. The molecule has 0 amide bonds. The minimum absolute atomic E-state index is 0. The Hall–Kier alpha value is -1.46. The van der Waals surface area contributed by atoms with Crippen LogP contribution in [0.3, 0.4) is 0 Å². The van der Waals surface area contributed by atoms with Gasteiger partial charge in [0.1, 0.15) is 0 Å². The predicted molar refractivity (Wildman–Crippen MR) is 52.9 cm³/mol. The number of aliphatic carboxylic acids is 4. The topological polar surface area (TPSA) is 167 Å². The van der Waals surface area contributed by atoms with Crippen molar-refractivity contribution in [2.45, 2.75) is 0 Å². The molecule has 10 nitrogen and oxygen atoms in total. The van der Waals surface area contributed by atoms with Crippen molar-refractivity contribution in [1.82, 2.24) is 9.80 Å². The molecule has 1 radical (unpaired) electrons. The molecule has 0 bridgehead atoms. The smallest absolute Gasteiger partial charge is 0.549 e. The molecule has 0 fully saturated rings. The quantitative estimate of drug-likeness (QED) is 0.314. The minimum atomic E-state index is -1.53. The summed E-state index contributed by atoms with van der Waals surface area (Å²) in [4.78, 5) is 43.4. The van der Waals surface area contributed by atoms with Crippen molar-refractivity contribution >= 4 is 23.9 Å². The molecule has 0 atom stereocenters. The zero-order valence-electron chi connectivity index (χ0n) is 10.9. The average molecular weight is 381 g/mol. The fourth-order valence-electron chi connectivity index (χ4n) is 1.44. The van der Waals surface area contributed by atoms with E-state index in [4.69, 9.17) is 0 Å². The van der Waals surface area contributed by atoms with Crippen LogP contribution in [0.15, 0.2) is 0 Å². The second kappa shape index (κ2) is 11.2. The summed E-state index contributed by atoms with van der Waals surface area (Å²) in [6.07, 6.45) is 0. The van der Waals surface area contributed by atoms with E-state index in [1.807, 2.05) is 0 Å². The Kier molecular flexibility index (Phi) is 11.7. The first-order chi connectivity index (χ1) is 9.20. The Morgan fingerprint density at radius 2 is 0.762 bits per heavy atom. The van der Waals surface area contributed by atoms with E-state index in [0.29, 0.717) is 0 Å². The van der Waals surface area contributed by atoms with Gasteiger partial charge >= 0.3 is 22.4 Å². The molecule has 0 unspecified atom stereocenters. The maximum atomic E-state index is 10.4. The van der Waals surface area contributed by atoms with Crippen molar-refractivity contribution in [2.24, 2.45) is 0 Å². The first-order valence-corrected chi connectivity index (χ1v) is 5.44. The first kappa shape index (κ1) is 21.8. The number of nitrogens with zero attached hydrogens (tertiary/aromatic N) is 2. The Balaban J connectivity index is 0. The van der Waals surface area contributed by atoms with E-state index in [1.54, 1.807) is 0 Å². The molecule has 0 saturated heterocycles. The van der Waals surface area contributed by atoms with E-state index in [1.165, 1.54) is 0 Å². The van der Waals surface area contributed by atoms with Crippen LogP contribution in [-0.2, 0) is 41.6 Å². The summed E-state index contributed by atoms with van der Waals surface area (Å²) in [7, 11) is 0. The van der Waals surface area contributed by atoms with Gasteiger partial charge in [-0.3, -0.25) is 9.80 Å². The van der Waals surface area contributed by atoms with Crippen LogP contribution in [0, 0.1) is 0 Å². The van der Waals surface area contributed by atoms with Crippen molar-refractivity contribution < 1.29 is 62.0 Å². The molecular weight excluding hydrogens is 369 g/mol. The van der Waals surface area contributed by atoms with Crippen LogP contribution in [0.2, 0.25) is 0 Å². The number of carboxylic acid groups (broad SMARTS) is 4. The van der Waals surface area contributed by atoms with Crippen LogP contribution in [0.4, 0.5) is 0 Å². The van der Waals surface area contributed by atoms with Crippen LogP contribution in [0.1, 0.15) is 0 Å². The summed E-state index contributed by atoms with van der Waals surface area (Å²) >= 11 is 0. The van der Waals surface area contributed by atoms with Gasteiger partial charge in [0.15, 0.2) is 0 Å². The second-order valence-electron chi connectivity index (χ2n) is 3.91. The van der Waals surface area contributed by atoms with E-state index in [9.17, 15) is 39.6 Å². The SMILES string of the molecule is O=C([O-])CN(CCN(CC(=O)[O-])CC(=O)[O-])CC(=O)[O-].[Nb+4]. The minimum Gasteiger partial charge on any atom is -0.549 e. The Labute approximate surface area is 135 Å². The van der Waals surface area contributed by atoms with E-state index in [-0.39, 0.29) is 35.5 Å². The van der Waals surface area contributed by atoms with E-state index in [0.717, 1.165) is 9.80 Å². The van der Waals surface area contributed by atoms with Crippen LogP contribution >= 0.6 is 0 Å². The summed E-state index contributed by atoms with van der Waals surface area (Å²) in [6.45, 7) is -3.25. The van der Waals surface area contributed by atoms with Crippen molar-refractivity contribution in [1.29, 1.82) is 0 Å². The second-order valence-corrected chi connectivity index (χ2v) is 3.91. The van der Waals surface area contributed by atoms with Gasteiger partial charge in [0, 0.05) is 39.3 Å². The van der Waals surface area contributed by atoms with Gasteiger partial charge in [-0.1, -0.05) is 0 Å². The maximum Gasteiger partial charge on any atom is 4.00 e. The molecule has 0 aliphatic heterocycles. The molecule has 0 aliphatic carbocycles. The van der Waals surface area contributed by atoms with E-state index in [2.05, 4.69) is 0 Å². The fourth-order valence-corrected chi connectivity index (χ4v) is 1.44. The van der Waals surface area contributed by atoms with Crippen molar-refractivity contribution in [3.63, 3.8) is 0 Å². The molecule has 0 rings (SSSR count). The zero-order chi connectivity index (χ0) is 15.7. The molecule has 0 aromatic carbocycles. The van der Waals surface area contributed by atoms with Crippen LogP contribution < -0.4 is 20.4 Å². The maximum absolute atomic E-state index is 10.4. The molecule has 11 heteroatoms. The van der Waals surface area contributed by atoms with Crippen LogP contribution in [0.5, 0.6) is 0 Å². The largest absolute Gasteiger partial charge is 4.00 e. The van der Waals surface area contributed by atoms with E-state index < -0.39 is 50.1 Å². The summed E-state index contributed by atoms with van der Waals surface area (Å²) in [5, 5.41) is 41.6. The van der Waals surface area contributed by atoms with Gasteiger partial charge in [-0.25, -0.2) is 0 Å². The number of hydrogen-bond acceptors (Lipinski definition) is 10. The van der Waals surface area contributed by atoms with Crippen LogP contribution in [-0.4, -0.2) is 72.9 Å². The van der Waals surface area contributed by atoms with Gasteiger partial charge in [0.05, 0.1) is 23.9 Å². The molecule has 0 aliphatic rings. The molecule has 0 saturated carbocycles. The number of carbonyl (C=O) groups is 4. The monoisotopic (exact) mass is 381 g/mol. The van der Waals surface area contributed by atoms with Gasteiger partial charge < -0.3 is 39.6 Å². The Bertz CT molecular complexity index is 321. The number of rotatable bonds is 11. The number of hydrogen-bond donors (Lipinski definition) is 0. The van der Waals surface area contributed by atoms with Gasteiger partial charge in [-0.2, -0.15) is 0 Å². The third-order valence-electron chi connectivity index (χ3n) is 2.14. The molecule has 0 N–H and O–H groups in total. The molecule has 0 aromatic rings. The van der Waals surface area contributed by atoms with Gasteiger partial charge in [-0.05, 0) is 0 Å². The first-order valence-electron chi connectivity index (χ1n) is 5.44. The van der Waals surface area contributed by atoms with Gasteiger partial charge in [0.2, 0.25) is 0 Å². The summed E-state index contributed by atoms with van der Waals surface area (Å²) in [5.74, 6) is -6.12. The molecule has 115 valence electrons. The summed E-state index contributed by atoms with van der Waals surface area (Å²) in [5.41, 5.74) is 0. The third kappa shape index (κ3) is 13.3. The fraction of sp³-hybridized carbons (Fsp3) is 0.600. The zero-order valence-corrected chi connectivity index (χ0v) is 13.0. The van der Waals surface area contributed by atoms with Crippen molar-refractivity contribution in [3.05, 3.63) is 0 Å². The van der Waals surface area contributed by atoms with E-state index >= 15 is 0 Å². The molecule has 0 heterocycles. The Morgan fingerprint density at radius 1 is 0.571 bits per heavy atom. The molecule has 0 aromatic heterocycles. The molecular formula is C10H12N2NbO8. The Morgan fingerprint density at radius 3 is 0.905 bits per heavy atom. The number of carbonyl (C=O) groups excluding carboxylic acids is 4. The molecule has 0 spiro atoms. The summed E-state index contributed by atoms with van der Waals surface area (Å²) in [6, 6.07) is 0. The van der Waals surface area contributed by atoms with Gasteiger partial charge in [-0.15, -0.1) is 0 Å². The van der Waals surface area contributed by atoms with Crippen LogP contribution in [0.25, 0.3) is 0 Å². The third-order valence-corrected chi connectivity index (χ3v) is 2.14. The average Bonchev–Trinajstić information content (AvgIpc) is 2.22. The van der Waals surface area contributed by atoms with Gasteiger partial charge in [0.25, 0.3) is 0 Å². The number of carboxylic acids is 4. The standard InChI is InChI=1S/C10H16N2O8.Nb/c13-7(14)3-11(4-8(15)16)1-2-12(5-9(17)18)6-10(19)20;/h1-6H2,(H,13,14)(H,15,16)(H,17,18)(H,19,20);/q;+4/p-4.